The number of primary amides is 1. The van der Waals surface area contributed by atoms with Crippen LogP contribution in [0.5, 0.6) is 0 Å². The molecule has 0 fully saturated rings. The van der Waals surface area contributed by atoms with Crippen LogP contribution in [-0.2, 0) is 27.2 Å². The van der Waals surface area contributed by atoms with E-state index in [4.69, 9.17) is 17.2 Å². The average Bonchev–Trinajstić information content (AvgIpc) is 3.34. The lowest BCUT2D eigenvalue weighted by Crippen LogP contribution is -2.56. The first-order chi connectivity index (χ1) is 16.7. The Balaban J connectivity index is 2.02. The molecule has 0 saturated carbocycles. The topological polar surface area (TPSA) is 182 Å². The van der Waals surface area contributed by atoms with Gasteiger partial charge in [0.15, 0.2) is 5.96 Å². The zero-order valence-electron chi connectivity index (χ0n) is 20.0. The highest BCUT2D eigenvalue weighted by Crippen LogP contribution is 2.08. The van der Waals surface area contributed by atoms with Crippen molar-refractivity contribution < 1.29 is 14.4 Å². The Hall–Kier alpha value is -3.51. The maximum atomic E-state index is 13.1. The van der Waals surface area contributed by atoms with Crippen LogP contribution in [0.1, 0.15) is 24.1 Å². The number of carbonyl (C=O) groups is 3. The molecule has 0 aliphatic heterocycles. The Morgan fingerprint density at radius 2 is 1.74 bits per heavy atom. The summed E-state index contributed by atoms with van der Waals surface area (Å²) in [5, 5.41) is 7.15. The van der Waals surface area contributed by atoms with Gasteiger partial charge in [-0.25, -0.2) is 4.98 Å². The van der Waals surface area contributed by atoms with E-state index >= 15 is 0 Å². The molecule has 0 saturated heterocycles. The van der Waals surface area contributed by atoms with Crippen molar-refractivity contribution in [2.45, 2.75) is 43.8 Å². The number of hydrogen-bond donors (Lipinski definition) is 5. The minimum absolute atomic E-state index is 0.147. The number of aliphatic imine (C=N–C) groups is 1. The van der Waals surface area contributed by atoms with Gasteiger partial charge in [-0.1, -0.05) is 30.3 Å². The fraction of sp³-hybridized carbons (Fsp3) is 0.435. The van der Waals surface area contributed by atoms with E-state index in [1.807, 2.05) is 30.3 Å². The van der Waals surface area contributed by atoms with E-state index in [1.54, 1.807) is 29.9 Å². The highest BCUT2D eigenvalue weighted by molar-refractivity contribution is 7.07. The molecule has 8 N–H and O–H groups in total. The molecule has 11 nitrogen and oxygen atoms in total. The van der Waals surface area contributed by atoms with Crippen LogP contribution in [0, 0.1) is 0 Å². The molecular formula is C23H34N8O3S. The van der Waals surface area contributed by atoms with Crippen LogP contribution >= 0.6 is 11.3 Å². The summed E-state index contributed by atoms with van der Waals surface area (Å²) in [6.07, 6.45) is 1.29. The smallest absolute Gasteiger partial charge is 0.243 e. The van der Waals surface area contributed by atoms with E-state index in [2.05, 4.69) is 20.6 Å². The summed E-state index contributed by atoms with van der Waals surface area (Å²) in [4.78, 5) is 47.9. The summed E-state index contributed by atoms with van der Waals surface area (Å²) in [7, 11) is 3.57. The second kappa shape index (κ2) is 14.0. The van der Waals surface area contributed by atoms with E-state index in [-0.39, 0.29) is 12.8 Å². The average molecular weight is 503 g/mol. The molecule has 2 aromatic rings. The number of hydrogen-bond acceptors (Lipinski definition) is 7. The molecule has 1 aromatic heterocycles. The molecule has 1 heterocycles. The third kappa shape index (κ3) is 9.71. The molecule has 0 spiro atoms. The van der Waals surface area contributed by atoms with E-state index in [1.165, 1.54) is 11.3 Å². The van der Waals surface area contributed by atoms with Crippen molar-refractivity contribution in [3.63, 3.8) is 0 Å². The molecule has 0 aliphatic carbocycles. The second-order valence-electron chi connectivity index (χ2n) is 8.28. The minimum Gasteiger partial charge on any atom is -0.370 e. The maximum absolute atomic E-state index is 13.1. The summed E-state index contributed by atoms with van der Waals surface area (Å²) >= 11 is 1.38. The number of nitrogens with two attached hydrogens (primary N) is 3. The molecule has 0 radical (unpaired) electrons. The van der Waals surface area contributed by atoms with Crippen LogP contribution in [0.3, 0.4) is 0 Å². The predicted octanol–water partition coefficient (Wildman–Crippen LogP) is -0.633. The molecule has 0 aliphatic rings. The molecule has 3 amide bonds. The SMILES string of the molecule is CN(C)C(N)=NCCC[C@H](N)C(=O)N[C@@H](Cc1cscn1)C(=O)N[C@@H](Cc1ccccc1)C(N)=O. The monoisotopic (exact) mass is 502 g/mol. The Morgan fingerprint density at radius 1 is 1.06 bits per heavy atom. The first-order valence-electron chi connectivity index (χ1n) is 11.2. The quantitative estimate of drug-likeness (QED) is 0.137. The van der Waals surface area contributed by atoms with Gasteiger partial charge in [0.2, 0.25) is 17.7 Å². The van der Waals surface area contributed by atoms with Gasteiger partial charge in [0.1, 0.15) is 12.1 Å². The number of aromatic nitrogens is 1. The van der Waals surface area contributed by atoms with E-state index in [0.29, 0.717) is 31.0 Å². The molecule has 35 heavy (non-hydrogen) atoms. The lowest BCUT2D eigenvalue weighted by Gasteiger charge is -2.23. The van der Waals surface area contributed by atoms with Gasteiger partial charge in [-0.05, 0) is 18.4 Å². The molecule has 12 heteroatoms. The number of rotatable bonds is 13. The third-order valence-corrected chi connectivity index (χ3v) is 5.85. The van der Waals surface area contributed by atoms with Crippen LogP contribution in [-0.4, -0.2) is 72.3 Å². The van der Waals surface area contributed by atoms with Gasteiger partial charge in [0, 0.05) is 38.9 Å². The fourth-order valence-corrected chi connectivity index (χ4v) is 3.73. The number of amides is 3. The first-order valence-corrected chi connectivity index (χ1v) is 12.2. The molecular weight excluding hydrogens is 468 g/mol. The highest BCUT2D eigenvalue weighted by atomic mass is 32.1. The lowest BCUT2D eigenvalue weighted by atomic mass is 10.0. The summed E-state index contributed by atoms with van der Waals surface area (Å²) < 4.78 is 0. The van der Waals surface area contributed by atoms with Crippen molar-refractivity contribution >= 4 is 35.0 Å². The Bertz CT molecular complexity index is 982. The van der Waals surface area contributed by atoms with Crippen molar-refractivity contribution in [3.8, 4) is 0 Å². The maximum Gasteiger partial charge on any atom is 0.243 e. The lowest BCUT2D eigenvalue weighted by molar-refractivity contribution is -0.131. The van der Waals surface area contributed by atoms with Crippen LogP contribution in [0.4, 0.5) is 0 Å². The molecule has 3 atom stereocenters. The molecule has 190 valence electrons. The van der Waals surface area contributed by atoms with Crippen molar-refractivity contribution in [1.29, 1.82) is 0 Å². The molecule has 0 bridgehead atoms. The largest absolute Gasteiger partial charge is 0.370 e. The van der Waals surface area contributed by atoms with E-state index in [0.717, 1.165) is 5.56 Å². The van der Waals surface area contributed by atoms with Crippen LogP contribution in [0.25, 0.3) is 0 Å². The highest BCUT2D eigenvalue weighted by Gasteiger charge is 2.28. The number of nitrogens with zero attached hydrogens (tertiary/aromatic N) is 3. The normalized spacial score (nSPS) is 14.0. The minimum atomic E-state index is -0.976. The Morgan fingerprint density at radius 3 is 2.34 bits per heavy atom. The molecule has 1 aromatic carbocycles. The van der Waals surface area contributed by atoms with Gasteiger partial charge >= 0.3 is 0 Å². The summed E-state index contributed by atoms with van der Waals surface area (Å²) in [5.74, 6) is -1.30. The Labute approximate surface area is 209 Å². The number of benzene rings is 1. The predicted molar refractivity (Wildman–Crippen MR) is 136 cm³/mol. The zero-order valence-corrected chi connectivity index (χ0v) is 20.8. The zero-order chi connectivity index (χ0) is 25.8. The Kier molecular flexibility index (Phi) is 11.1. The van der Waals surface area contributed by atoms with E-state index in [9.17, 15) is 14.4 Å². The second-order valence-corrected chi connectivity index (χ2v) is 9.00. The summed E-state index contributed by atoms with van der Waals surface area (Å²) in [5.41, 5.74) is 20.4. The third-order valence-electron chi connectivity index (χ3n) is 5.21. The van der Waals surface area contributed by atoms with E-state index < -0.39 is 35.8 Å². The first kappa shape index (κ1) is 27.7. The van der Waals surface area contributed by atoms with Crippen molar-refractivity contribution in [2.24, 2.45) is 22.2 Å². The molecule has 2 rings (SSSR count). The number of nitrogens with one attached hydrogen (secondary N) is 2. The summed E-state index contributed by atoms with van der Waals surface area (Å²) in [6.45, 7) is 0.424. The van der Waals surface area contributed by atoms with Crippen LogP contribution in [0.2, 0.25) is 0 Å². The fourth-order valence-electron chi connectivity index (χ4n) is 3.16. The van der Waals surface area contributed by atoms with Gasteiger partial charge in [-0.2, -0.15) is 0 Å². The van der Waals surface area contributed by atoms with Crippen LogP contribution < -0.4 is 27.8 Å². The van der Waals surface area contributed by atoms with Crippen molar-refractivity contribution in [2.75, 3.05) is 20.6 Å². The number of thiazole rings is 1. The standard InChI is InChI=1S/C23H34N8O3S/c1-31(2)23(26)27-10-6-9-17(24)21(33)30-19(12-16-13-35-14-28-16)22(34)29-18(20(25)32)11-15-7-4-3-5-8-15/h3-5,7-8,13-14,17-19H,6,9-12,24H2,1-2H3,(H2,25,32)(H2,26,27)(H,29,34)(H,30,33)/t17-,18-,19-/m0/s1. The summed E-state index contributed by atoms with van der Waals surface area (Å²) in [6, 6.07) is 6.45. The van der Waals surface area contributed by atoms with Gasteiger partial charge in [-0.15, -0.1) is 11.3 Å². The van der Waals surface area contributed by atoms with Crippen molar-refractivity contribution in [3.05, 3.63) is 52.5 Å². The van der Waals surface area contributed by atoms with Crippen LogP contribution in [0.15, 0.2) is 46.2 Å². The number of guanidine groups is 1. The number of carbonyl (C=O) groups excluding carboxylic acids is 3. The molecule has 0 unspecified atom stereocenters. The van der Waals surface area contributed by atoms with Gasteiger partial charge in [0.25, 0.3) is 0 Å². The van der Waals surface area contributed by atoms with Gasteiger partial charge < -0.3 is 32.7 Å². The van der Waals surface area contributed by atoms with Crippen molar-refractivity contribution in [1.82, 2.24) is 20.5 Å². The van der Waals surface area contributed by atoms with Gasteiger partial charge in [0.05, 0.1) is 17.2 Å². The van der Waals surface area contributed by atoms with Gasteiger partial charge in [-0.3, -0.25) is 19.4 Å².